The third kappa shape index (κ3) is 1.39. The van der Waals surface area contributed by atoms with Crippen LogP contribution in [-0.2, 0) is 6.42 Å². The lowest BCUT2D eigenvalue weighted by Gasteiger charge is -2.43. The van der Waals surface area contributed by atoms with Crippen LogP contribution >= 0.6 is 0 Å². The normalized spacial score (nSPS) is 27.4. The van der Waals surface area contributed by atoms with Gasteiger partial charge in [0.25, 0.3) is 0 Å². The van der Waals surface area contributed by atoms with E-state index in [-0.39, 0.29) is 6.03 Å². The van der Waals surface area contributed by atoms with Crippen LogP contribution in [0.4, 0.5) is 4.79 Å². The second-order valence-electron chi connectivity index (χ2n) is 4.81. The molecule has 3 heteroatoms. The summed E-state index contributed by atoms with van der Waals surface area (Å²) in [5.74, 6) is 0.630. The van der Waals surface area contributed by atoms with Crippen LogP contribution in [0, 0.1) is 0 Å². The molecule has 1 aliphatic heterocycles. The minimum absolute atomic E-state index is 0.261. The maximum absolute atomic E-state index is 11.3. The molecule has 0 aromatic heterocycles. The van der Waals surface area contributed by atoms with Crippen LogP contribution in [0.1, 0.15) is 29.9 Å². The molecule has 2 bridgehead atoms. The van der Waals surface area contributed by atoms with Crippen molar-refractivity contribution in [1.29, 1.82) is 0 Å². The van der Waals surface area contributed by atoms with Gasteiger partial charge < -0.3 is 10.6 Å². The highest BCUT2D eigenvalue weighted by molar-refractivity contribution is 5.72. The summed E-state index contributed by atoms with van der Waals surface area (Å²) in [5.41, 5.74) is 8.30. The van der Waals surface area contributed by atoms with Gasteiger partial charge in [-0.1, -0.05) is 24.3 Å². The Kier molecular flexibility index (Phi) is 2.13. The van der Waals surface area contributed by atoms with E-state index < -0.39 is 0 Å². The minimum Gasteiger partial charge on any atom is -0.351 e. The second kappa shape index (κ2) is 3.51. The van der Waals surface area contributed by atoms with Crippen LogP contribution < -0.4 is 5.73 Å². The number of nitrogens with two attached hydrogens (primary N) is 1. The number of carbonyl (C=O) groups excluding carboxylic acids is 1. The van der Waals surface area contributed by atoms with Gasteiger partial charge in [-0.25, -0.2) is 4.79 Å². The zero-order valence-corrected chi connectivity index (χ0v) is 9.23. The van der Waals surface area contributed by atoms with Crippen LogP contribution in [0.15, 0.2) is 24.3 Å². The van der Waals surface area contributed by atoms with Crippen molar-refractivity contribution in [2.45, 2.75) is 31.2 Å². The zero-order valence-electron chi connectivity index (χ0n) is 9.23. The quantitative estimate of drug-likeness (QED) is 0.707. The molecule has 0 unspecified atom stereocenters. The third-order valence-electron chi connectivity index (χ3n) is 3.95. The molecule has 3 rings (SSSR count). The van der Waals surface area contributed by atoms with Gasteiger partial charge >= 0.3 is 6.03 Å². The van der Waals surface area contributed by atoms with E-state index in [9.17, 15) is 4.79 Å². The molecule has 1 saturated heterocycles. The van der Waals surface area contributed by atoms with Gasteiger partial charge in [-0.2, -0.15) is 0 Å². The van der Waals surface area contributed by atoms with Crippen LogP contribution in [0.2, 0.25) is 0 Å². The summed E-state index contributed by atoms with van der Waals surface area (Å²) in [6, 6.07) is 8.66. The average Bonchev–Trinajstić information content (AvgIpc) is 2.29. The van der Waals surface area contributed by atoms with E-state index in [1.807, 2.05) is 4.90 Å². The van der Waals surface area contributed by atoms with Gasteiger partial charge in [0, 0.05) is 12.6 Å². The molecule has 2 atom stereocenters. The summed E-state index contributed by atoms with van der Waals surface area (Å²) < 4.78 is 0. The van der Waals surface area contributed by atoms with Crippen molar-refractivity contribution in [3.05, 3.63) is 35.4 Å². The largest absolute Gasteiger partial charge is 0.351 e. The van der Waals surface area contributed by atoms with Gasteiger partial charge in [-0.05, 0) is 36.3 Å². The molecule has 0 radical (unpaired) electrons. The first kappa shape index (κ1) is 9.70. The third-order valence-corrected chi connectivity index (χ3v) is 3.95. The van der Waals surface area contributed by atoms with Crippen molar-refractivity contribution in [2.24, 2.45) is 5.73 Å². The smallest absolute Gasteiger partial charge is 0.315 e. The first-order valence-corrected chi connectivity index (χ1v) is 5.89. The molecule has 1 heterocycles. The maximum Gasteiger partial charge on any atom is 0.315 e. The van der Waals surface area contributed by atoms with Crippen molar-refractivity contribution in [1.82, 2.24) is 4.90 Å². The van der Waals surface area contributed by atoms with Gasteiger partial charge in [0.05, 0.1) is 0 Å². The number of carbonyl (C=O) groups is 1. The summed E-state index contributed by atoms with van der Waals surface area (Å²) in [4.78, 5) is 13.2. The van der Waals surface area contributed by atoms with Crippen molar-refractivity contribution in [3.63, 3.8) is 0 Å². The van der Waals surface area contributed by atoms with Gasteiger partial charge in [0.15, 0.2) is 0 Å². The van der Waals surface area contributed by atoms with Crippen molar-refractivity contribution in [3.8, 4) is 0 Å². The summed E-state index contributed by atoms with van der Waals surface area (Å²) in [7, 11) is 0. The number of rotatable bonds is 0. The van der Waals surface area contributed by atoms with Crippen molar-refractivity contribution < 1.29 is 4.79 Å². The number of nitrogens with zero attached hydrogens (tertiary/aromatic N) is 1. The van der Waals surface area contributed by atoms with Gasteiger partial charge in [0.1, 0.15) is 0 Å². The number of likely N-dealkylation sites (tertiary alicyclic amines) is 1. The monoisotopic (exact) mass is 216 g/mol. The predicted molar refractivity (Wildman–Crippen MR) is 62.2 cm³/mol. The lowest BCUT2D eigenvalue weighted by atomic mass is 9.75. The molecule has 2 amide bonds. The van der Waals surface area contributed by atoms with E-state index in [1.165, 1.54) is 11.1 Å². The Morgan fingerprint density at radius 3 is 3.00 bits per heavy atom. The van der Waals surface area contributed by atoms with E-state index >= 15 is 0 Å². The fourth-order valence-corrected chi connectivity index (χ4v) is 3.19. The zero-order chi connectivity index (χ0) is 11.1. The predicted octanol–water partition coefficient (Wildman–Crippen LogP) is 1.87. The number of benzene rings is 1. The molecule has 1 aromatic rings. The van der Waals surface area contributed by atoms with E-state index in [2.05, 4.69) is 24.3 Å². The maximum atomic E-state index is 11.3. The Morgan fingerprint density at radius 2 is 2.19 bits per heavy atom. The molecular formula is C13H16N2O. The number of primary amides is 1. The highest BCUT2D eigenvalue weighted by Crippen LogP contribution is 2.39. The minimum atomic E-state index is -0.261. The Labute approximate surface area is 95.2 Å². The van der Waals surface area contributed by atoms with Crippen LogP contribution in [0.25, 0.3) is 0 Å². The number of amides is 2. The molecule has 84 valence electrons. The molecule has 1 aliphatic carbocycles. The van der Waals surface area contributed by atoms with Crippen LogP contribution in [0.5, 0.6) is 0 Å². The van der Waals surface area contributed by atoms with Gasteiger partial charge in [-0.15, -0.1) is 0 Å². The van der Waals surface area contributed by atoms with E-state index in [1.54, 1.807) is 0 Å². The molecule has 2 aliphatic rings. The SMILES string of the molecule is NC(=O)N1CC[C@H]2C[C@@H]1Cc1ccccc12. The molecule has 1 fully saturated rings. The number of piperidine rings is 1. The summed E-state index contributed by atoms with van der Waals surface area (Å²) >= 11 is 0. The van der Waals surface area contributed by atoms with Crippen LogP contribution in [-0.4, -0.2) is 23.5 Å². The highest BCUT2D eigenvalue weighted by Gasteiger charge is 2.35. The van der Waals surface area contributed by atoms with E-state index in [4.69, 9.17) is 5.73 Å². The van der Waals surface area contributed by atoms with E-state index in [0.29, 0.717) is 12.0 Å². The molecule has 1 aromatic carbocycles. The number of hydrogen-bond acceptors (Lipinski definition) is 1. The molecular weight excluding hydrogens is 200 g/mol. The molecule has 0 spiro atoms. The number of hydrogen-bond donors (Lipinski definition) is 1. The molecule has 16 heavy (non-hydrogen) atoms. The van der Waals surface area contributed by atoms with Crippen molar-refractivity contribution >= 4 is 6.03 Å². The number of fused-ring (bicyclic) bond motifs is 4. The molecule has 2 N–H and O–H groups in total. The lowest BCUT2D eigenvalue weighted by Crippen LogP contribution is -2.50. The summed E-state index contributed by atoms with van der Waals surface area (Å²) in [5, 5.41) is 0. The van der Waals surface area contributed by atoms with Crippen LogP contribution in [0.3, 0.4) is 0 Å². The average molecular weight is 216 g/mol. The lowest BCUT2D eigenvalue weighted by molar-refractivity contribution is 0.143. The second-order valence-corrected chi connectivity index (χ2v) is 4.81. The Balaban J connectivity index is 1.95. The van der Waals surface area contributed by atoms with Gasteiger partial charge in [0.2, 0.25) is 0 Å². The summed E-state index contributed by atoms with van der Waals surface area (Å²) in [6.07, 6.45) is 3.10. The Hall–Kier alpha value is -1.51. The molecule has 3 nitrogen and oxygen atoms in total. The fraction of sp³-hybridized carbons (Fsp3) is 0.462. The van der Waals surface area contributed by atoms with E-state index in [0.717, 1.165) is 25.8 Å². The molecule has 0 saturated carbocycles. The first-order chi connectivity index (χ1) is 7.75. The Morgan fingerprint density at radius 1 is 1.38 bits per heavy atom. The topological polar surface area (TPSA) is 46.3 Å². The number of urea groups is 1. The van der Waals surface area contributed by atoms with Crippen molar-refractivity contribution in [2.75, 3.05) is 6.54 Å². The highest BCUT2D eigenvalue weighted by atomic mass is 16.2. The standard InChI is InChI=1S/C13H16N2O/c14-13(16)15-6-5-10-8-11(15)7-9-3-1-2-4-12(9)10/h1-4,10-11H,5-8H2,(H2,14,16)/t10-,11-/m0/s1. The first-order valence-electron chi connectivity index (χ1n) is 5.89. The Bertz CT molecular complexity index is 430. The summed E-state index contributed by atoms with van der Waals surface area (Å²) in [6.45, 7) is 0.818. The fourth-order valence-electron chi connectivity index (χ4n) is 3.19. The van der Waals surface area contributed by atoms with Gasteiger partial charge in [-0.3, -0.25) is 0 Å².